The van der Waals surface area contributed by atoms with Crippen molar-refractivity contribution >= 4 is 307 Å². The van der Waals surface area contributed by atoms with Gasteiger partial charge in [0.2, 0.25) is 0 Å². The van der Waals surface area contributed by atoms with Gasteiger partial charge >= 0.3 is 0 Å². The molecule has 0 amide bonds. The van der Waals surface area contributed by atoms with Crippen molar-refractivity contribution in [3.05, 3.63) is 94.0 Å². The Balaban J connectivity index is 1.07. The Labute approximate surface area is 446 Å². The van der Waals surface area contributed by atoms with E-state index in [-0.39, 0.29) is 10.8 Å². The highest BCUT2D eigenvalue weighted by atomic mass is 28.3. The smallest absolute Gasteiger partial charge is 0.0654 e. The molecule has 0 aromatic heterocycles. The molecule has 2 heteroatoms. The Morgan fingerprint density at radius 2 is 0.325 bits per heavy atom. The minimum absolute atomic E-state index is 0.282. The molecular weight excluding hydrogens is 993 g/mol. The van der Waals surface area contributed by atoms with Crippen LogP contribution in [0, 0.1) is 0 Å². The number of benzene rings is 19. The van der Waals surface area contributed by atoms with Crippen LogP contribution in [0.25, 0.3) is 280 Å². The topological polar surface area (TPSA) is 0 Å². The highest BCUT2D eigenvalue weighted by molar-refractivity contribution is 6.91. The molecule has 346 valence electrons. The maximum Gasteiger partial charge on any atom is 0.0821 e. The zero-order chi connectivity index (χ0) is 49.1. The van der Waals surface area contributed by atoms with E-state index in [1.807, 2.05) is 22.3 Å². The van der Waals surface area contributed by atoms with Crippen LogP contribution in [0.1, 0.15) is 33.4 Å². The summed E-state index contributed by atoms with van der Waals surface area (Å²) in [6.07, 6.45) is 0. The van der Waals surface area contributed by atoms with Gasteiger partial charge < -0.3 is 0 Å². The molecule has 0 fully saturated rings. The molecule has 34 rings (SSSR count). The average Bonchev–Trinajstić information content (AvgIpc) is 1.51. The van der Waals surface area contributed by atoms with Crippen LogP contribution in [0.5, 0.6) is 0 Å². The fourth-order valence-electron chi connectivity index (χ4n) is 27.4. The van der Waals surface area contributed by atoms with E-state index < -0.39 is 16.1 Å². The standard InChI is InChI=1S/C78H26Si2/c1-79(2,17-11-7-5-8-12-17)15-77-71-63-54-47-34-27-21-22-24-20-19-23(21)32(34)38-36-25(19)29-26(20)37-39-33(24)35-28(22)31-30(27)41-49-42(31)51-48(35)55-53(39)57-44(37)46-40(29)45-43(36)56(52(38)54)67(71)69-58(45)59(46)70-68(57)72-64(55)61(51)66-62(49)65(60(63)50(41)47)73(77)74(66)78(72,76(70)75(69)77)16-80(3,4)18-13-9-6-10-14-18/h5-14H,15-16H2,1-4H3/t77-,78+. The summed E-state index contributed by atoms with van der Waals surface area (Å²) in [6.45, 7) is 11.2. The summed E-state index contributed by atoms with van der Waals surface area (Å²) in [5, 5.41) is 91.2. The van der Waals surface area contributed by atoms with Gasteiger partial charge in [0.1, 0.15) is 0 Å². The summed E-state index contributed by atoms with van der Waals surface area (Å²) in [4.78, 5) is 0. The van der Waals surface area contributed by atoms with Gasteiger partial charge in [-0.25, -0.2) is 0 Å². The first kappa shape index (κ1) is 33.0. The van der Waals surface area contributed by atoms with Gasteiger partial charge in [0.05, 0.1) is 16.1 Å². The number of rotatable bonds is 6. The fourth-order valence-corrected chi connectivity index (χ4v) is 33.7. The van der Waals surface area contributed by atoms with E-state index in [1.165, 1.54) is 12.1 Å². The second-order valence-electron chi connectivity index (χ2n) is 30.4. The largest absolute Gasteiger partial charge is 0.0821 e. The first-order valence-corrected chi connectivity index (χ1v) is 36.6. The molecule has 29 aromatic rings. The molecule has 0 saturated heterocycles. The molecule has 5 aliphatic rings. The molecule has 5 aliphatic carbocycles. The third-order valence-corrected chi connectivity index (χ3v) is 34.7. The molecule has 0 bridgehead atoms. The van der Waals surface area contributed by atoms with Crippen LogP contribution in [0.3, 0.4) is 0 Å². The van der Waals surface area contributed by atoms with E-state index in [0.29, 0.717) is 0 Å². The third kappa shape index (κ3) is 1.99. The van der Waals surface area contributed by atoms with Crippen LogP contribution < -0.4 is 10.4 Å². The average molecular weight is 1020 g/mol. The lowest BCUT2D eigenvalue weighted by Gasteiger charge is -2.52. The van der Waals surface area contributed by atoms with Crippen LogP contribution in [-0.4, -0.2) is 16.1 Å². The van der Waals surface area contributed by atoms with Gasteiger partial charge in [0, 0.05) is 10.8 Å². The molecule has 0 heterocycles. The Bertz CT molecular complexity index is 7510. The molecule has 0 aliphatic heterocycles. The highest BCUT2D eigenvalue weighted by Crippen LogP contribution is 2.85. The molecule has 0 N–H and O–H groups in total. The minimum Gasteiger partial charge on any atom is -0.0654 e. The summed E-state index contributed by atoms with van der Waals surface area (Å²) in [5.74, 6) is 0. The molecule has 29 aromatic carbocycles. The minimum atomic E-state index is -2.29. The van der Waals surface area contributed by atoms with Crippen LogP contribution in [-0.2, 0) is 10.8 Å². The Morgan fingerprint density at radius 3 is 0.525 bits per heavy atom. The highest BCUT2D eigenvalue weighted by Gasteiger charge is 2.68. The number of hydrogen-bond acceptors (Lipinski definition) is 0. The van der Waals surface area contributed by atoms with Crippen molar-refractivity contribution in [3.63, 3.8) is 0 Å². The van der Waals surface area contributed by atoms with E-state index in [4.69, 9.17) is 0 Å². The van der Waals surface area contributed by atoms with E-state index >= 15 is 0 Å². The van der Waals surface area contributed by atoms with Gasteiger partial charge in [-0.3, -0.25) is 0 Å². The molecule has 2 atom stereocenters. The maximum atomic E-state index is 2.81. The molecule has 0 spiro atoms. The SMILES string of the molecule is C[Si](C)(C[C@]12c3c4c5c6c7c8c9c%10c(c1c1c%11c2c2c%12c3c5c3c5c%12c%12c2c2c%11c%11c%13c1c%10c1c%10c9c9c7c7c6c3c3c5c5c%12c6c2c%11c2c(c%131)c1c%10c9c9c7c3c3c9c1c2c6c53)[C@@]48C[Si](C)(C)c1ccccc1)c1ccccc1. The van der Waals surface area contributed by atoms with Gasteiger partial charge in [-0.15, -0.1) is 0 Å². The predicted molar refractivity (Wildman–Crippen MR) is 349 cm³/mol. The van der Waals surface area contributed by atoms with Crippen molar-refractivity contribution in [2.24, 2.45) is 0 Å². The second kappa shape index (κ2) is 7.87. The van der Waals surface area contributed by atoms with Crippen LogP contribution in [0.2, 0.25) is 38.3 Å². The Hall–Kier alpha value is -8.67. The summed E-state index contributed by atoms with van der Waals surface area (Å²) in [6, 6.07) is 26.7. The lowest BCUT2D eigenvalue weighted by atomic mass is 9.55. The van der Waals surface area contributed by atoms with E-state index in [2.05, 4.69) is 86.9 Å². The first-order chi connectivity index (χ1) is 39.4. The second-order valence-corrected chi connectivity index (χ2v) is 39.8. The maximum absolute atomic E-state index is 2.81. The van der Waals surface area contributed by atoms with Gasteiger partial charge in [-0.1, -0.05) is 97.2 Å². The molecular formula is C78H26Si2. The van der Waals surface area contributed by atoms with Crippen LogP contribution in [0.4, 0.5) is 0 Å². The van der Waals surface area contributed by atoms with E-state index in [9.17, 15) is 0 Å². The monoisotopic (exact) mass is 1020 g/mol. The lowest BCUT2D eigenvalue weighted by molar-refractivity contribution is 0.598. The predicted octanol–water partition coefficient (Wildman–Crippen LogP) is 20.2. The first-order valence-electron chi connectivity index (χ1n) is 30.2. The van der Waals surface area contributed by atoms with Crippen molar-refractivity contribution in [1.82, 2.24) is 0 Å². The third-order valence-electron chi connectivity index (χ3n) is 28.1. The van der Waals surface area contributed by atoms with Crippen molar-refractivity contribution in [1.29, 1.82) is 0 Å². The van der Waals surface area contributed by atoms with E-state index in [1.54, 1.807) is 302 Å². The van der Waals surface area contributed by atoms with Crippen molar-refractivity contribution in [2.45, 2.75) is 49.1 Å². The summed E-state index contributed by atoms with van der Waals surface area (Å²) >= 11 is 0. The van der Waals surface area contributed by atoms with Crippen molar-refractivity contribution in [2.75, 3.05) is 0 Å². The molecule has 0 nitrogen and oxygen atoms in total. The normalized spacial score (nSPS) is 20.9. The summed E-state index contributed by atoms with van der Waals surface area (Å²) in [7, 11) is -4.57. The van der Waals surface area contributed by atoms with Gasteiger partial charge in [-0.2, -0.15) is 0 Å². The van der Waals surface area contributed by atoms with Gasteiger partial charge in [0.25, 0.3) is 0 Å². The van der Waals surface area contributed by atoms with Gasteiger partial charge in [-0.05, 0) is 326 Å². The zero-order valence-electron chi connectivity index (χ0n) is 43.2. The molecule has 0 saturated carbocycles. The summed E-state index contributed by atoms with van der Waals surface area (Å²) in [5.41, 5.74) is 10.4. The molecule has 0 unspecified atom stereocenters. The van der Waals surface area contributed by atoms with Crippen LogP contribution in [0.15, 0.2) is 60.7 Å². The van der Waals surface area contributed by atoms with Crippen molar-refractivity contribution in [3.8, 4) is 0 Å². The summed E-state index contributed by atoms with van der Waals surface area (Å²) < 4.78 is 0. The van der Waals surface area contributed by atoms with Crippen LogP contribution >= 0.6 is 0 Å². The zero-order valence-corrected chi connectivity index (χ0v) is 45.2. The van der Waals surface area contributed by atoms with Crippen molar-refractivity contribution < 1.29 is 0 Å². The van der Waals surface area contributed by atoms with E-state index in [0.717, 1.165) is 0 Å². The van der Waals surface area contributed by atoms with Gasteiger partial charge in [0.15, 0.2) is 0 Å². The quantitative estimate of drug-likeness (QED) is 0.115. The molecule has 0 radical (unpaired) electrons. The Morgan fingerprint density at radius 1 is 0.188 bits per heavy atom. The lowest BCUT2D eigenvalue weighted by Crippen LogP contribution is -2.53. The Kier molecular flexibility index (Phi) is 3.25. The molecule has 80 heavy (non-hydrogen) atoms. The fraction of sp³-hybridized carbons (Fsp3) is 0.103. The number of hydrogen-bond donors (Lipinski definition) is 0.